The van der Waals surface area contributed by atoms with Gasteiger partial charge in [-0.3, -0.25) is 9.59 Å². The van der Waals surface area contributed by atoms with Gasteiger partial charge in [-0.25, -0.2) is 4.39 Å². The quantitative estimate of drug-likeness (QED) is 0.660. The van der Waals surface area contributed by atoms with E-state index in [1.807, 2.05) is 5.48 Å². The van der Waals surface area contributed by atoms with Crippen molar-refractivity contribution in [3.05, 3.63) is 29.6 Å². The van der Waals surface area contributed by atoms with Gasteiger partial charge in [0, 0.05) is 11.6 Å². The van der Waals surface area contributed by atoms with E-state index in [1.54, 1.807) is 0 Å². The lowest BCUT2D eigenvalue weighted by molar-refractivity contribution is -0.146. The maximum absolute atomic E-state index is 12.8. The number of aliphatic carboxylic acids is 1. The highest BCUT2D eigenvalue weighted by Gasteiger charge is 2.35. The molecule has 0 radical (unpaired) electrons. The topological polar surface area (TPSA) is 75.6 Å². The Morgan fingerprint density at radius 3 is 2.93 bits per heavy atom. The van der Waals surface area contributed by atoms with E-state index in [4.69, 9.17) is 9.94 Å². The monoisotopic (exact) mass is 211 g/mol. The third kappa shape index (κ3) is 1.50. The molecule has 0 fully saturated rings. The molecule has 1 amide bonds. The largest absolute Gasteiger partial charge is 0.480 e. The van der Waals surface area contributed by atoms with Gasteiger partial charge in [0.15, 0.2) is 11.7 Å². The Bertz CT molecular complexity index is 446. The van der Waals surface area contributed by atoms with Gasteiger partial charge in [0.2, 0.25) is 0 Å². The summed E-state index contributed by atoms with van der Waals surface area (Å²) < 4.78 is 12.8. The predicted octanol–water partition coefficient (Wildman–Crippen LogP) is 0.418. The lowest BCUT2D eigenvalue weighted by Crippen LogP contribution is -2.40. The average molecular weight is 211 g/mol. The van der Waals surface area contributed by atoms with E-state index in [1.165, 1.54) is 6.07 Å². The van der Waals surface area contributed by atoms with Crippen LogP contribution in [-0.4, -0.2) is 17.0 Å². The highest BCUT2D eigenvalue weighted by Crippen LogP contribution is 2.30. The van der Waals surface area contributed by atoms with Crippen molar-refractivity contribution < 1.29 is 23.9 Å². The highest BCUT2D eigenvalue weighted by atomic mass is 19.1. The van der Waals surface area contributed by atoms with Gasteiger partial charge in [0.25, 0.3) is 5.91 Å². The molecule has 1 atom stereocenters. The van der Waals surface area contributed by atoms with Gasteiger partial charge in [-0.15, -0.1) is 0 Å². The van der Waals surface area contributed by atoms with Crippen LogP contribution in [0.5, 0.6) is 5.75 Å². The van der Waals surface area contributed by atoms with Crippen LogP contribution in [0.3, 0.4) is 0 Å². The molecule has 1 aliphatic rings. The van der Waals surface area contributed by atoms with Crippen molar-refractivity contribution >= 4 is 11.9 Å². The number of hydrogen-bond acceptors (Lipinski definition) is 3. The zero-order valence-corrected chi connectivity index (χ0v) is 7.36. The zero-order chi connectivity index (χ0) is 11.0. The normalized spacial score (nSPS) is 18.7. The highest BCUT2D eigenvalue weighted by molar-refractivity contribution is 6.03. The van der Waals surface area contributed by atoms with Gasteiger partial charge in [-0.1, -0.05) is 6.07 Å². The summed E-state index contributed by atoms with van der Waals surface area (Å²) in [6.07, 6.45) is 0. The summed E-state index contributed by atoms with van der Waals surface area (Å²) in [4.78, 5) is 26.7. The zero-order valence-electron chi connectivity index (χ0n) is 7.36. The Hall–Kier alpha value is -2.11. The molecule has 1 heterocycles. The van der Waals surface area contributed by atoms with E-state index in [-0.39, 0.29) is 11.3 Å². The van der Waals surface area contributed by atoms with Crippen LogP contribution in [0.15, 0.2) is 18.2 Å². The number of hydrogen-bond donors (Lipinski definition) is 2. The van der Waals surface area contributed by atoms with E-state index >= 15 is 0 Å². The molecule has 0 bridgehead atoms. The fourth-order valence-corrected chi connectivity index (χ4v) is 1.39. The number of carboxylic acid groups (broad SMARTS) is 1. The number of fused-ring (bicyclic) bond motifs is 1. The summed E-state index contributed by atoms with van der Waals surface area (Å²) in [5, 5.41) is 8.81. The van der Waals surface area contributed by atoms with Crippen molar-refractivity contribution in [2.24, 2.45) is 0 Å². The lowest BCUT2D eigenvalue weighted by Gasteiger charge is -2.21. The summed E-state index contributed by atoms with van der Waals surface area (Å²) >= 11 is 0. The van der Waals surface area contributed by atoms with Gasteiger partial charge < -0.3 is 9.94 Å². The Morgan fingerprint density at radius 2 is 2.27 bits per heavy atom. The summed E-state index contributed by atoms with van der Waals surface area (Å²) in [6.45, 7) is 0. The van der Waals surface area contributed by atoms with Gasteiger partial charge in [0.1, 0.15) is 5.82 Å². The van der Waals surface area contributed by atoms with E-state index in [0.717, 1.165) is 12.1 Å². The molecule has 15 heavy (non-hydrogen) atoms. The van der Waals surface area contributed by atoms with Crippen LogP contribution in [-0.2, 0) is 9.59 Å². The van der Waals surface area contributed by atoms with E-state index < -0.39 is 23.6 Å². The van der Waals surface area contributed by atoms with Crippen molar-refractivity contribution in [3.63, 3.8) is 0 Å². The van der Waals surface area contributed by atoms with Crippen LogP contribution >= 0.6 is 0 Å². The van der Waals surface area contributed by atoms with Crippen LogP contribution < -0.4 is 10.3 Å². The molecule has 0 aliphatic carbocycles. The molecule has 0 spiro atoms. The van der Waals surface area contributed by atoms with Crippen LogP contribution in [0.4, 0.5) is 4.39 Å². The first-order valence-corrected chi connectivity index (χ1v) is 4.08. The summed E-state index contributed by atoms with van der Waals surface area (Å²) in [7, 11) is 0. The predicted molar refractivity (Wildman–Crippen MR) is 45.5 cm³/mol. The summed E-state index contributed by atoms with van der Waals surface area (Å²) in [5.74, 6) is -3.98. The second-order valence-corrected chi connectivity index (χ2v) is 3.02. The van der Waals surface area contributed by atoms with Crippen LogP contribution in [0, 0.1) is 5.82 Å². The average Bonchev–Trinajstić information content (AvgIpc) is 2.17. The molecule has 78 valence electrons. The van der Waals surface area contributed by atoms with Crippen molar-refractivity contribution in [2.75, 3.05) is 0 Å². The van der Waals surface area contributed by atoms with Crippen molar-refractivity contribution in [1.29, 1.82) is 0 Å². The van der Waals surface area contributed by atoms with Gasteiger partial charge in [-0.2, -0.15) is 5.48 Å². The minimum atomic E-state index is -1.35. The number of nitrogens with one attached hydrogen (secondary N) is 1. The fraction of sp³-hybridized carbons (Fsp3) is 0.111. The molecule has 5 nitrogen and oxygen atoms in total. The molecule has 1 aromatic carbocycles. The van der Waals surface area contributed by atoms with E-state index in [9.17, 15) is 14.0 Å². The molecule has 0 aromatic heterocycles. The number of carbonyl (C=O) groups excluding carboxylic acids is 1. The maximum atomic E-state index is 12.8. The summed E-state index contributed by atoms with van der Waals surface area (Å²) in [5.41, 5.74) is 2.06. The second kappa shape index (κ2) is 3.23. The maximum Gasteiger partial charge on any atom is 0.320 e. The molecular formula is C9H6FNO4. The van der Waals surface area contributed by atoms with E-state index in [0.29, 0.717) is 0 Å². The van der Waals surface area contributed by atoms with Crippen molar-refractivity contribution in [3.8, 4) is 5.75 Å². The fourth-order valence-electron chi connectivity index (χ4n) is 1.39. The molecule has 1 aliphatic heterocycles. The molecule has 2 N–H and O–H groups in total. The number of benzene rings is 1. The second-order valence-electron chi connectivity index (χ2n) is 3.02. The Labute approximate surface area is 83.4 Å². The molecule has 2 rings (SSSR count). The number of carboxylic acids is 1. The van der Waals surface area contributed by atoms with Crippen LogP contribution in [0.2, 0.25) is 0 Å². The molecule has 6 heteroatoms. The number of rotatable bonds is 1. The Balaban J connectivity index is 2.53. The molecule has 1 aromatic rings. The molecular weight excluding hydrogens is 205 g/mol. The molecule has 1 unspecified atom stereocenters. The first kappa shape index (κ1) is 9.45. The third-order valence-corrected chi connectivity index (χ3v) is 2.06. The smallest absolute Gasteiger partial charge is 0.320 e. The Morgan fingerprint density at radius 1 is 1.53 bits per heavy atom. The Kier molecular flexibility index (Phi) is 2.03. The number of carbonyl (C=O) groups is 2. The third-order valence-electron chi connectivity index (χ3n) is 2.06. The number of hydroxylamine groups is 1. The number of halogens is 1. The standard InChI is InChI=1S/C9H6FNO4/c10-4-1-2-5-6(3-4)15-11-8(12)7(5)9(13)14/h1-3,7H,(H,11,12)(H,13,14). The first-order valence-electron chi connectivity index (χ1n) is 4.08. The molecule has 0 saturated carbocycles. The van der Waals surface area contributed by atoms with E-state index in [2.05, 4.69) is 0 Å². The lowest BCUT2D eigenvalue weighted by atomic mass is 9.96. The van der Waals surface area contributed by atoms with Crippen LogP contribution in [0.25, 0.3) is 0 Å². The molecule has 0 saturated heterocycles. The summed E-state index contributed by atoms with van der Waals surface area (Å²) in [6, 6.07) is 3.32. The minimum absolute atomic E-state index is 0.0157. The van der Waals surface area contributed by atoms with Crippen molar-refractivity contribution in [1.82, 2.24) is 5.48 Å². The van der Waals surface area contributed by atoms with Gasteiger partial charge in [-0.05, 0) is 6.07 Å². The van der Waals surface area contributed by atoms with Crippen molar-refractivity contribution in [2.45, 2.75) is 5.92 Å². The van der Waals surface area contributed by atoms with Gasteiger partial charge in [0.05, 0.1) is 0 Å². The number of amides is 1. The first-order chi connectivity index (χ1) is 7.09. The minimum Gasteiger partial charge on any atom is -0.480 e. The van der Waals surface area contributed by atoms with Crippen LogP contribution in [0.1, 0.15) is 11.5 Å². The van der Waals surface area contributed by atoms with Gasteiger partial charge >= 0.3 is 5.97 Å². The SMILES string of the molecule is O=C(O)C1C(=O)NOc2cc(F)ccc21.